The normalized spacial score (nSPS) is 13.2. The van der Waals surface area contributed by atoms with Crippen LogP contribution in [0.1, 0.15) is 170 Å². The number of carbonyl (C=O) groups excluding carboxylic acids is 11. The van der Waals surface area contributed by atoms with Crippen molar-refractivity contribution in [2.75, 3.05) is 0 Å². The van der Waals surface area contributed by atoms with E-state index in [2.05, 4.69) is 69.1 Å². The summed E-state index contributed by atoms with van der Waals surface area (Å²) in [7, 11) is 0. The first-order valence-electron chi connectivity index (χ1n) is 23.9. The van der Waals surface area contributed by atoms with Crippen molar-refractivity contribution in [2.45, 2.75) is 220 Å². The van der Waals surface area contributed by atoms with Gasteiger partial charge in [-0.05, 0) is 184 Å². The van der Waals surface area contributed by atoms with Gasteiger partial charge in [-0.2, -0.15) is 0 Å². The molecule has 23 heteroatoms. The zero-order valence-electron chi connectivity index (χ0n) is 47.6. The molecule has 0 heterocycles. The summed E-state index contributed by atoms with van der Waals surface area (Å²) >= 11 is 3.31. The van der Waals surface area contributed by atoms with E-state index in [9.17, 15) is 52.7 Å². The molecule has 0 aliphatic rings. The van der Waals surface area contributed by atoms with Gasteiger partial charge in [0, 0.05) is 10.0 Å². The van der Waals surface area contributed by atoms with Crippen molar-refractivity contribution >= 4 is 81.0 Å². The lowest BCUT2D eigenvalue weighted by Crippen LogP contribution is -2.70. The van der Waals surface area contributed by atoms with Crippen LogP contribution in [0.2, 0.25) is 0 Å². The second-order valence-corrected chi connectivity index (χ2v) is 25.7. The van der Waals surface area contributed by atoms with E-state index in [0.29, 0.717) is 5.56 Å². The van der Waals surface area contributed by atoms with Crippen LogP contribution < -0.4 is 53.2 Å². The summed E-state index contributed by atoms with van der Waals surface area (Å²) < 4.78 is 6.16. The van der Waals surface area contributed by atoms with E-state index in [1.54, 1.807) is 45.0 Å². The number of nitrogens with one attached hydrogen (secondary N) is 10. The Bertz CT molecular complexity index is 2390. The van der Waals surface area contributed by atoms with Crippen LogP contribution in [-0.4, -0.2) is 126 Å². The lowest BCUT2D eigenvalue weighted by Gasteiger charge is -2.38. The van der Waals surface area contributed by atoms with Crippen molar-refractivity contribution < 1.29 is 57.5 Å². The van der Waals surface area contributed by atoms with Gasteiger partial charge in [0.1, 0.15) is 61.0 Å². The maximum atomic E-state index is 13.7. The summed E-state index contributed by atoms with van der Waals surface area (Å²) in [4.78, 5) is 148. The molecule has 22 nitrogen and oxygen atoms in total. The van der Waals surface area contributed by atoms with Gasteiger partial charge in [0.15, 0.2) is 0 Å². The van der Waals surface area contributed by atoms with Crippen LogP contribution in [0.3, 0.4) is 0 Å². The standard InChI is InChI=1S/C51H83BrN10O12/c1-41(2,3)74-40(73)51(22,23)62-39(72)50(20,21)61-38(71)49(18,19)60-37(70)48(16,17)59-36(69)47(14,15)58-35(68)46(12,13)57-34(67)45(10,11)56-33(66)44(8,9)55-32(65)43(6,7)54-31(64)42(4,5)53-30(63)28-24-26-29(52)27-25-28/h24-27H,1-23H3,(H,53,63)(H,54,64)(H,55,65)(H,56,66)(H,57,67)(H,58,68)(H,59,69)(H,60,70)(H,61,71)(H,62,72). The molecule has 0 unspecified atom stereocenters. The quantitative estimate of drug-likeness (QED) is 0.0794. The van der Waals surface area contributed by atoms with Crippen molar-refractivity contribution in [2.24, 2.45) is 0 Å². The van der Waals surface area contributed by atoms with E-state index >= 15 is 0 Å². The van der Waals surface area contributed by atoms with Crippen molar-refractivity contribution in [1.82, 2.24) is 53.2 Å². The van der Waals surface area contributed by atoms with Gasteiger partial charge in [0.25, 0.3) is 5.91 Å². The molecule has 0 atom stereocenters. The van der Waals surface area contributed by atoms with Gasteiger partial charge in [0.2, 0.25) is 53.2 Å². The van der Waals surface area contributed by atoms with Gasteiger partial charge in [0.05, 0.1) is 0 Å². The summed E-state index contributed by atoms with van der Waals surface area (Å²) in [5.41, 5.74) is -16.8. The van der Waals surface area contributed by atoms with Crippen molar-refractivity contribution in [1.29, 1.82) is 0 Å². The summed E-state index contributed by atoms with van der Waals surface area (Å²) in [5.74, 6) is -8.26. The van der Waals surface area contributed by atoms with E-state index in [1.807, 2.05) is 0 Å². The number of esters is 1. The zero-order valence-corrected chi connectivity index (χ0v) is 49.2. The van der Waals surface area contributed by atoms with E-state index in [0.717, 1.165) is 4.47 Å². The molecule has 0 aromatic heterocycles. The minimum atomic E-state index is -1.71. The van der Waals surface area contributed by atoms with Crippen LogP contribution in [0.5, 0.6) is 0 Å². The average Bonchev–Trinajstić information content (AvgIpc) is 3.18. The van der Waals surface area contributed by atoms with Crippen LogP contribution in [0, 0.1) is 0 Å². The topological polar surface area (TPSA) is 317 Å². The monoisotopic (exact) mass is 1110 g/mol. The molecule has 416 valence electrons. The molecule has 1 rings (SSSR count). The molecule has 0 aliphatic carbocycles. The zero-order chi connectivity index (χ0) is 58.6. The van der Waals surface area contributed by atoms with E-state index in [4.69, 9.17) is 4.74 Å². The molecule has 0 saturated heterocycles. The van der Waals surface area contributed by atoms with E-state index in [-0.39, 0.29) is 0 Å². The van der Waals surface area contributed by atoms with Gasteiger partial charge in [-0.3, -0.25) is 47.9 Å². The predicted octanol–water partition coefficient (Wildman–Crippen LogP) is 2.35. The van der Waals surface area contributed by atoms with Gasteiger partial charge in [-0.15, -0.1) is 0 Å². The highest BCUT2D eigenvalue weighted by molar-refractivity contribution is 9.10. The second kappa shape index (κ2) is 22.4. The predicted molar refractivity (Wildman–Crippen MR) is 282 cm³/mol. The summed E-state index contributed by atoms with van der Waals surface area (Å²) in [6, 6.07) is 6.49. The number of ether oxygens (including phenoxy) is 1. The largest absolute Gasteiger partial charge is 0.458 e. The SMILES string of the molecule is CC(C)(C)OC(=O)C(C)(C)NC(=O)C(C)(C)NC(=O)C(C)(C)NC(=O)C(C)(C)NC(=O)C(C)(C)NC(=O)C(C)(C)NC(=O)C(C)(C)NC(=O)C(C)(C)NC(=O)C(C)(C)NC(=O)C(C)(C)NC(=O)c1ccc(Br)cc1. The number of benzene rings is 1. The fourth-order valence-corrected chi connectivity index (χ4v) is 6.15. The van der Waals surface area contributed by atoms with E-state index in [1.165, 1.54) is 138 Å². The number of amides is 10. The third kappa shape index (κ3) is 18.4. The number of hydrogen-bond donors (Lipinski definition) is 10. The third-order valence-electron chi connectivity index (χ3n) is 11.4. The third-order valence-corrected chi connectivity index (χ3v) is 11.9. The Labute approximate surface area is 444 Å². The van der Waals surface area contributed by atoms with Crippen LogP contribution >= 0.6 is 15.9 Å². The second-order valence-electron chi connectivity index (χ2n) is 24.8. The molecule has 0 bridgehead atoms. The molecule has 0 spiro atoms. The molecule has 74 heavy (non-hydrogen) atoms. The van der Waals surface area contributed by atoms with Gasteiger partial charge >= 0.3 is 5.97 Å². The molecular formula is C51H83BrN10O12. The molecule has 0 fully saturated rings. The highest BCUT2D eigenvalue weighted by Crippen LogP contribution is 2.20. The van der Waals surface area contributed by atoms with Gasteiger partial charge in [-0.25, -0.2) is 4.79 Å². The number of halogens is 1. The van der Waals surface area contributed by atoms with Gasteiger partial charge < -0.3 is 57.9 Å². The van der Waals surface area contributed by atoms with Crippen molar-refractivity contribution in [3.05, 3.63) is 34.3 Å². The smallest absolute Gasteiger partial charge is 0.331 e. The molecule has 0 aliphatic heterocycles. The molecule has 10 amide bonds. The Morgan fingerprint density at radius 1 is 0.297 bits per heavy atom. The number of hydrogen-bond acceptors (Lipinski definition) is 12. The molecule has 10 N–H and O–H groups in total. The number of carbonyl (C=O) groups is 11. The molecule has 1 aromatic carbocycles. The molecule has 0 saturated carbocycles. The Morgan fingerprint density at radius 3 is 0.662 bits per heavy atom. The Balaban J connectivity index is 2.99. The van der Waals surface area contributed by atoms with Crippen LogP contribution in [0.25, 0.3) is 0 Å². The van der Waals surface area contributed by atoms with Gasteiger partial charge in [-0.1, -0.05) is 15.9 Å². The maximum Gasteiger partial charge on any atom is 0.331 e. The Hall–Kier alpha value is -6.13. The lowest BCUT2D eigenvalue weighted by atomic mass is 9.93. The molecule has 1 aromatic rings. The highest BCUT2D eigenvalue weighted by Gasteiger charge is 2.47. The van der Waals surface area contributed by atoms with Crippen LogP contribution in [0.15, 0.2) is 28.7 Å². The fourth-order valence-electron chi connectivity index (χ4n) is 5.89. The molecular weight excluding hydrogens is 1020 g/mol. The molecule has 0 radical (unpaired) electrons. The number of rotatable bonds is 21. The first-order valence-corrected chi connectivity index (χ1v) is 24.7. The van der Waals surface area contributed by atoms with Crippen molar-refractivity contribution in [3.8, 4) is 0 Å². The van der Waals surface area contributed by atoms with E-state index < -0.39 is 126 Å². The summed E-state index contributed by atoms with van der Waals surface area (Å²) in [6.45, 7) is 32.9. The minimum Gasteiger partial charge on any atom is -0.458 e. The summed E-state index contributed by atoms with van der Waals surface area (Å²) in [5, 5.41) is 25.9. The fraction of sp³-hybridized carbons (Fsp3) is 0.667. The van der Waals surface area contributed by atoms with Crippen LogP contribution in [-0.2, 0) is 52.7 Å². The summed E-state index contributed by atoms with van der Waals surface area (Å²) in [6.07, 6.45) is 0. The Kier molecular flexibility index (Phi) is 19.9. The first-order chi connectivity index (χ1) is 32.7. The lowest BCUT2D eigenvalue weighted by molar-refractivity contribution is -0.163. The highest BCUT2D eigenvalue weighted by atomic mass is 79.9. The average molecular weight is 1110 g/mol. The van der Waals surface area contributed by atoms with Crippen molar-refractivity contribution in [3.63, 3.8) is 0 Å². The maximum absolute atomic E-state index is 13.7. The van der Waals surface area contributed by atoms with Crippen LogP contribution in [0.4, 0.5) is 0 Å². The first kappa shape index (κ1) is 65.9. The minimum absolute atomic E-state index is 0.306. The Morgan fingerprint density at radius 2 is 0.473 bits per heavy atom.